The number of halogens is 2. The van der Waals surface area contributed by atoms with Crippen LogP contribution in [0.15, 0.2) is 35.4 Å². The van der Waals surface area contributed by atoms with Gasteiger partial charge in [-0.1, -0.05) is 30.7 Å². The Kier molecular flexibility index (Phi) is 5.44. The van der Waals surface area contributed by atoms with Crippen molar-refractivity contribution in [1.29, 1.82) is 0 Å². The third kappa shape index (κ3) is 4.00. The monoisotopic (exact) mass is 360 g/mol. The summed E-state index contributed by atoms with van der Waals surface area (Å²) in [5.41, 5.74) is 5.95. The van der Waals surface area contributed by atoms with Gasteiger partial charge >= 0.3 is 0 Å². The third-order valence-electron chi connectivity index (χ3n) is 2.73. The highest BCUT2D eigenvalue weighted by Gasteiger charge is 2.17. The van der Waals surface area contributed by atoms with E-state index < -0.39 is 9.84 Å². The molecule has 2 aromatic rings. The molecule has 0 unspecified atom stereocenters. The molecule has 0 saturated carbocycles. The van der Waals surface area contributed by atoms with Gasteiger partial charge in [-0.15, -0.1) is 0 Å². The lowest BCUT2D eigenvalue weighted by atomic mass is 10.3. The number of para-hydroxylation sites is 1. The van der Waals surface area contributed by atoms with Crippen LogP contribution in [0.3, 0.4) is 0 Å². The minimum Gasteiger partial charge on any atom is -0.298 e. The van der Waals surface area contributed by atoms with Gasteiger partial charge in [-0.25, -0.2) is 13.4 Å². The molecule has 0 bridgehead atoms. The second-order valence-electron chi connectivity index (χ2n) is 4.40. The summed E-state index contributed by atoms with van der Waals surface area (Å²) in [5.74, 6) is 0.329. The Morgan fingerprint density at radius 3 is 2.64 bits per heavy atom. The second kappa shape index (κ2) is 7.13. The molecule has 118 valence electrons. The molecule has 0 fully saturated rings. The quantitative estimate of drug-likeness (QED) is 0.606. The van der Waals surface area contributed by atoms with Crippen molar-refractivity contribution in [2.45, 2.75) is 18.2 Å². The fourth-order valence-corrected chi connectivity index (χ4v) is 3.55. The molecule has 0 amide bonds. The van der Waals surface area contributed by atoms with Crippen LogP contribution in [-0.2, 0) is 9.84 Å². The number of nitrogens with one attached hydrogen (secondary N) is 2. The molecule has 0 atom stereocenters. The summed E-state index contributed by atoms with van der Waals surface area (Å²) in [5, 5.41) is 0.284. The largest absolute Gasteiger partial charge is 0.298 e. The van der Waals surface area contributed by atoms with Crippen LogP contribution in [0.2, 0.25) is 10.3 Å². The zero-order valence-corrected chi connectivity index (χ0v) is 14.0. The molecule has 2 N–H and O–H groups in total. The first-order valence-electron chi connectivity index (χ1n) is 6.46. The van der Waals surface area contributed by atoms with Crippen molar-refractivity contribution in [1.82, 2.24) is 9.97 Å². The van der Waals surface area contributed by atoms with Gasteiger partial charge in [-0.05, 0) is 30.2 Å². The normalized spacial score (nSPS) is 11.2. The van der Waals surface area contributed by atoms with Crippen molar-refractivity contribution in [3.8, 4) is 0 Å². The third-order valence-corrected chi connectivity index (χ3v) is 5.16. The molecule has 0 spiro atoms. The number of sulfone groups is 1. The molecular formula is C13H14Cl2N4O2S. The molecule has 0 aliphatic heterocycles. The predicted octanol–water partition coefficient (Wildman–Crippen LogP) is 3.41. The molecule has 0 aliphatic rings. The van der Waals surface area contributed by atoms with Crippen molar-refractivity contribution in [2.75, 3.05) is 16.6 Å². The van der Waals surface area contributed by atoms with Gasteiger partial charge in [-0.2, -0.15) is 4.98 Å². The van der Waals surface area contributed by atoms with Gasteiger partial charge in [0.1, 0.15) is 5.02 Å². The van der Waals surface area contributed by atoms with Gasteiger partial charge in [0, 0.05) is 0 Å². The van der Waals surface area contributed by atoms with E-state index in [0.717, 1.165) is 0 Å². The molecule has 0 saturated heterocycles. The van der Waals surface area contributed by atoms with Crippen LogP contribution in [0.5, 0.6) is 0 Å². The Hall–Kier alpha value is -1.57. The van der Waals surface area contributed by atoms with E-state index in [4.69, 9.17) is 23.2 Å². The van der Waals surface area contributed by atoms with Gasteiger partial charge in [0.25, 0.3) is 0 Å². The summed E-state index contributed by atoms with van der Waals surface area (Å²) >= 11 is 11.6. The average molecular weight is 361 g/mol. The highest BCUT2D eigenvalue weighted by molar-refractivity contribution is 7.91. The number of benzene rings is 1. The Morgan fingerprint density at radius 2 is 1.91 bits per heavy atom. The van der Waals surface area contributed by atoms with Gasteiger partial charge < -0.3 is 0 Å². The van der Waals surface area contributed by atoms with E-state index in [9.17, 15) is 8.42 Å². The van der Waals surface area contributed by atoms with Gasteiger partial charge in [0.05, 0.1) is 22.5 Å². The zero-order valence-electron chi connectivity index (χ0n) is 11.7. The first kappa shape index (κ1) is 16.8. The Balaban J connectivity index is 2.26. The molecule has 6 nitrogen and oxygen atoms in total. The Labute approximate surface area is 138 Å². The summed E-state index contributed by atoms with van der Waals surface area (Å²) < 4.78 is 24.5. The zero-order chi connectivity index (χ0) is 16.2. The summed E-state index contributed by atoms with van der Waals surface area (Å²) in [4.78, 5) is 7.86. The number of hydrazine groups is 1. The summed E-state index contributed by atoms with van der Waals surface area (Å²) in [7, 11) is -3.36. The fraction of sp³-hybridized carbons (Fsp3) is 0.231. The Bertz CT molecular complexity index is 768. The number of hydrogen-bond acceptors (Lipinski definition) is 6. The maximum Gasteiger partial charge on any atom is 0.224 e. The lowest BCUT2D eigenvalue weighted by Crippen LogP contribution is -2.15. The van der Waals surface area contributed by atoms with E-state index in [1.54, 1.807) is 24.3 Å². The van der Waals surface area contributed by atoms with Crippen molar-refractivity contribution < 1.29 is 8.42 Å². The van der Waals surface area contributed by atoms with E-state index >= 15 is 0 Å². The maximum atomic E-state index is 12.2. The van der Waals surface area contributed by atoms with Crippen LogP contribution < -0.4 is 10.9 Å². The molecule has 2 rings (SSSR count). The predicted molar refractivity (Wildman–Crippen MR) is 88.1 cm³/mol. The van der Waals surface area contributed by atoms with Gasteiger partial charge in [-0.3, -0.25) is 10.9 Å². The highest BCUT2D eigenvalue weighted by atomic mass is 35.5. The minimum absolute atomic E-state index is 0.0283. The van der Waals surface area contributed by atoms with Crippen molar-refractivity contribution in [3.05, 3.63) is 40.8 Å². The van der Waals surface area contributed by atoms with Gasteiger partial charge in [0.15, 0.2) is 15.7 Å². The summed E-state index contributed by atoms with van der Waals surface area (Å²) in [6.07, 6.45) is 1.89. The maximum absolute atomic E-state index is 12.2. The number of anilines is 2. The molecule has 0 radical (unpaired) electrons. The molecule has 1 aromatic carbocycles. The lowest BCUT2D eigenvalue weighted by molar-refractivity contribution is 0.595. The number of nitrogens with zero attached hydrogens (tertiary/aromatic N) is 2. The molecule has 22 heavy (non-hydrogen) atoms. The number of rotatable bonds is 6. The summed E-state index contributed by atoms with van der Waals surface area (Å²) in [6.45, 7) is 1.81. The summed E-state index contributed by atoms with van der Waals surface area (Å²) in [6, 6.07) is 6.58. The van der Waals surface area contributed by atoms with E-state index in [0.29, 0.717) is 12.1 Å². The molecule has 1 heterocycles. The molecular weight excluding hydrogens is 347 g/mol. The van der Waals surface area contributed by atoms with E-state index in [-0.39, 0.29) is 26.8 Å². The highest BCUT2D eigenvalue weighted by Crippen LogP contribution is 2.24. The molecule has 9 heteroatoms. The molecule has 0 aliphatic carbocycles. The first-order chi connectivity index (χ1) is 10.4. The molecule has 1 aromatic heterocycles. The van der Waals surface area contributed by atoms with E-state index in [1.165, 1.54) is 6.20 Å². The lowest BCUT2D eigenvalue weighted by Gasteiger charge is -2.14. The fourth-order valence-electron chi connectivity index (χ4n) is 1.78. The minimum atomic E-state index is -3.36. The van der Waals surface area contributed by atoms with Crippen LogP contribution in [0.25, 0.3) is 0 Å². The average Bonchev–Trinajstić information content (AvgIpc) is 2.48. The Morgan fingerprint density at radius 1 is 1.18 bits per heavy atom. The van der Waals surface area contributed by atoms with Gasteiger partial charge in [0.2, 0.25) is 5.28 Å². The topological polar surface area (TPSA) is 84.0 Å². The van der Waals surface area contributed by atoms with Crippen LogP contribution in [-0.4, -0.2) is 24.1 Å². The van der Waals surface area contributed by atoms with Crippen LogP contribution >= 0.6 is 23.2 Å². The second-order valence-corrected chi connectivity index (χ2v) is 7.22. The number of hydrogen-bond donors (Lipinski definition) is 2. The SMILES string of the molecule is CCCS(=O)(=O)c1ccccc1NNc1nc(Cl)ncc1Cl. The van der Waals surface area contributed by atoms with E-state index in [1.807, 2.05) is 6.92 Å². The van der Waals surface area contributed by atoms with Crippen LogP contribution in [0.4, 0.5) is 11.5 Å². The number of aromatic nitrogens is 2. The first-order valence-corrected chi connectivity index (χ1v) is 8.86. The van der Waals surface area contributed by atoms with E-state index in [2.05, 4.69) is 20.8 Å². The van der Waals surface area contributed by atoms with Crippen molar-refractivity contribution in [2.24, 2.45) is 0 Å². The van der Waals surface area contributed by atoms with Crippen molar-refractivity contribution >= 4 is 44.5 Å². The van der Waals surface area contributed by atoms with Crippen LogP contribution in [0, 0.1) is 0 Å². The standard InChI is InChI=1S/C13H14Cl2N4O2S/c1-2-7-22(20,21)11-6-4-3-5-10(11)18-19-12-9(14)8-16-13(15)17-12/h3-6,8,18H,2,7H2,1H3,(H,16,17,19). The smallest absolute Gasteiger partial charge is 0.224 e. The van der Waals surface area contributed by atoms with Crippen LogP contribution in [0.1, 0.15) is 13.3 Å². The van der Waals surface area contributed by atoms with Crippen molar-refractivity contribution in [3.63, 3.8) is 0 Å².